The molecule has 15 heavy (non-hydrogen) atoms. The second-order valence-electron chi connectivity index (χ2n) is 3.03. The number of hydrazone groups is 1. The van der Waals surface area contributed by atoms with Crippen LogP contribution in [0, 0.1) is 0 Å². The standard InChI is InChI=1S/C11H15N3O/c1-2-3-9-12-14-11(15)13-10-7-5-4-6-8-10/h4-9H,2-3H2,1H3,(H2,13,14,15). The first-order valence-corrected chi connectivity index (χ1v) is 4.96. The number of carbonyl (C=O) groups excluding carboxylic acids is 1. The molecule has 0 saturated heterocycles. The van der Waals surface area contributed by atoms with Crippen molar-refractivity contribution in [2.24, 2.45) is 5.10 Å². The summed E-state index contributed by atoms with van der Waals surface area (Å²) in [4.78, 5) is 11.2. The summed E-state index contributed by atoms with van der Waals surface area (Å²) in [7, 11) is 0. The molecule has 1 aromatic carbocycles. The number of carbonyl (C=O) groups is 1. The third-order valence-corrected chi connectivity index (χ3v) is 1.71. The smallest absolute Gasteiger partial charge is 0.307 e. The number of rotatable bonds is 4. The van der Waals surface area contributed by atoms with E-state index in [1.165, 1.54) is 0 Å². The molecule has 0 saturated carbocycles. The van der Waals surface area contributed by atoms with E-state index in [9.17, 15) is 4.79 Å². The summed E-state index contributed by atoms with van der Waals surface area (Å²) in [6.07, 6.45) is 3.57. The first-order valence-electron chi connectivity index (χ1n) is 4.96. The van der Waals surface area contributed by atoms with Gasteiger partial charge in [0.1, 0.15) is 0 Å². The number of nitrogens with zero attached hydrogens (tertiary/aromatic N) is 1. The summed E-state index contributed by atoms with van der Waals surface area (Å²) in [6.45, 7) is 2.05. The molecule has 0 aromatic heterocycles. The molecule has 1 aromatic rings. The van der Waals surface area contributed by atoms with Crippen LogP contribution in [-0.2, 0) is 0 Å². The molecule has 0 radical (unpaired) electrons. The van der Waals surface area contributed by atoms with Crippen LogP contribution in [0.3, 0.4) is 0 Å². The van der Waals surface area contributed by atoms with Crippen molar-refractivity contribution >= 4 is 17.9 Å². The molecule has 0 aliphatic heterocycles. The number of unbranched alkanes of at least 4 members (excludes halogenated alkanes) is 1. The minimum atomic E-state index is -0.325. The van der Waals surface area contributed by atoms with Crippen LogP contribution in [0.15, 0.2) is 35.4 Å². The molecule has 0 atom stereocenters. The van der Waals surface area contributed by atoms with Crippen molar-refractivity contribution in [1.29, 1.82) is 0 Å². The molecule has 80 valence electrons. The van der Waals surface area contributed by atoms with Gasteiger partial charge in [-0.1, -0.05) is 31.5 Å². The van der Waals surface area contributed by atoms with Crippen molar-refractivity contribution in [3.05, 3.63) is 30.3 Å². The number of hydrogen-bond acceptors (Lipinski definition) is 2. The van der Waals surface area contributed by atoms with Crippen molar-refractivity contribution in [1.82, 2.24) is 5.43 Å². The maximum atomic E-state index is 11.2. The predicted octanol–water partition coefficient (Wildman–Crippen LogP) is 2.59. The molecular formula is C11H15N3O. The van der Waals surface area contributed by atoms with E-state index in [4.69, 9.17) is 0 Å². The maximum Gasteiger partial charge on any atom is 0.339 e. The molecule has 4 nitrogen and oxygen atoms in total. The van der Waals surface area contributed by atoms with E-state index < -0.39 is 0 Å². The number of hydrogen-bond donors (Lipinski definition) is 2. The molecule has 0 spiro atoms. The third kappa shape index (κ3) is 4.81. The fraction of sp³-hybridized carbons (Fsp3) is 0.273. The molecule has 2 amide bonds. The van der Waals surface area contributed by atoms with Gasteiger partial charge in [0.2, 0.25) is 0 Å². The van der Waals surface area contributed by atoms with Crippen molar-refractivity contribution in [2.75, 3.05) is 5.32 Å². The topological polar surface area (TPSA) is 53.5 Å². The number of para-hydroxylation sites is 1. The lowest BCUT2D eigenvalue weighted by molar-refractivity contribution is 0.252. The van der Waals surface area contributed by atoms with Gasteiger partial charge < -0.3 is 5.32 Å². The van der Waals surface area contributed by atoms with Gasteiger partial charge in [0, 0.05) is 11.9 Å². The largest absolute Gasteiger partial charge is 0.339 e. The van der Waals surface area contributed by atoms with Gasteiger partial charge in [-0.2, -0.15) is 5.10 Å². The van der Waals surface area contributed by atoms with Crippen LogP contribution >= 0.6 is 0 Å². The van der Waals surface area contributed by atoms with Crippen molar-refractivity contribution in [3.8, 4) is 0 Å². The monoisotopic (exact) mass is 205 g/mol. The van der Waals surface area contributed by atoms with Crippen LogP contribution in [0.5, 0.6) is 0 Å². The lowest BCUT2D eigenvalue weighted by atomic mass is 10.3. The summed E-state index contributed by atoms with van der Waals surface area (Å²) < 4.78 is 0. The quantitative estimate of drug-likeness (QED) is 0.576. The Morgan fingerprint density at radius 1 is 1.40 bits per heavy atom. The Morgan fingerprint density at radius 2 is 2.13 bits per heavy atom. The van der Waals surface area contributed by atoms with Crippen LogP contribution in [0.2, 0.25) is 0 Å². The van der Waals surface area contributed by atoms with E-state index in [-0.39, 0.29) is 6.03 Å². The van der Waals surface area contributed by atoms with Crippen LogP contribution in [0.25, 0.3) is 0 Å². The van der Waals surface area contributed by atoms with Gasteiger partial charge in [-0.3, -0.25) is 0 Å². The molecular weight excluding hydrogens is 190 g/mol. The summed E-state index contributed by atoms with van der Waals surface area (Å²) >= 11 is 0. The summed E-state index contributed by atoms with van der Waals surface area (Å²) in [5.41, 5.74) is 3.14. The summed E-state index contributed by atoms with van der Waals surface area (Å²) in [6, 6.07) is 8.91. The van der Waals surface area contributed by atoms with E-state index in [1.807, 2.05) is 30.3 Å². The van der Waals surface area contributed by atoms with Crippen LogP contribution in [0.4, 0.5) is 10.5 Å². The molecule has 2 N–H and O–H groups in total. The van der Waals surface area contributed by atoms with Gasteiger partial charge in [-0.05, 0) is 18.6 Å². The lowest BCUT2D eigenvalue weighted by Crippen LogP contribution is -2.23. The number of benzene rings is 1. The Kier molecular flexibility index (Phi) is 4.94. The van der Waals surface area contributed by atoms with E-state index >= 15 is 0 Å². The number of nitrogens with one attached hydrogen (secondary N) is 2. The highest BCUT2D eigenvalue weighted by Crippen LogP contribution is 2.03. The zero-order chi connectivity index (χ0) is 10.9. The predicted molar refractivity (Wildman–Crippen MR) is 62.0 cm³/mol. The number of amides is 2. The first kappa shape index (κ1) is 11.2. The van der Waals surface area contributed by atoms with Crippen molar-refractivity contribution in [3.63, 3.8) is 0 Å². The molecule has 0 bridgehead atoms. The van der Waals surface area contributed by atoms with Gasteiger partial charge in [0.15, 0.2) is 0 Å². The van der Waals surface area contributed by atoms with Gasteiger partial charge in [-0.25, -0.2) is 10.2 Å². The SMILES string of the molecule is CCCC=NNC(=O)Nc1ccccc1. The second kappa shape index (κ2) is 6.59. The van der Waals surface area contributed by atoms with E-state index in [1.54, 1.807) is 6.21 Å². The average molecular weight is 205 g/mol. The number of urea groups is 1. The zero-order valence-electron chi connectivity index (χ0n) is 8.73. The molecule has 0 fully saturated rings. The van der Waals surface area contributed by atoms with Crippen LogP contribution in [-0.4, -0.2) is 12.2 Å². The van der Waals surface area contributed by atoms with Gasteiger partial charge >= 0.3 is 6.03 Å². The number of anilines is 1. The van der Waals surface area contributed by atoms with Gasteiger partial charge in [0.05, 0.1) is 0 Å². The highest BCUT2D eigenvalue weighted by Gasteiger charge is 1.97. The first-order chi connectivity index (χ1) is 7.33. The highest BCUT2D eigenvalue weighted by atomic mass is 16.2. The molecule has 1 rings (SSSR count). The fourth-order valence-corrected chi connectivity index (χ4v) is 0.978. The molecule has 0 aliphatic rings. The van der Waals surface area contributed by atoms with Crippen molar-refractivity contribution < 1.29 is 4.79 Å². The Morgan fingerprint density at radius 3 is 2.80 bits per heavy atom. The lowest BCUT2D eigenvalue weighted by Gasteiger charge is -2.02. The fourth-order valence-electron chi connectivity index (χ4n) is 0.978. The highest BCUT2D eigenvalue weighted by molar-refractivity contribution is 5.89. The molecule has 0 aliphatic carbocycles. The van der Waals surface area contributed by atoms with Crippen LogP contribution in [0.1, 0.15) is 19.8 Å². The molecule has 0 unspecified atom stereocenters. The Balaban J connectivity index is 2.31. The minimum Gasteiger partial charge on any atom is -0.307 e. The Labute approximate surface area is 89.4 Å². The summed E-state index contributed by atoms with van der Waals surface area (Å²) in [5.74, 6) is 0. The summed E-state index contributed by atoms with van der Waals surface area (Å²) in [5, 5.41) is 6.43. The van der Waals surface area contributed by atoms with Crippen molar-refractivity contribution in [2.45, 2.75) is 19.8 Å². The average Bonchev–Trinajstić information content (AvgIpc) is 2.26. The van der Waals surface area contributed by atoms with E-state index in [2.05, 4.69) is 22.8 Å². The van der Waals surface area contributed by atoms with Gasteiger partial charge in [-0.15, -0.1) is 0 Å². The molecule has 0 heterocycles. The third-order valence-electron chi connectivity index (χ3n) is 1.71. The minimum absolute atomic E-state index is 0.325. The normalized spacial score (nSPS) is 10.2. The zero-order valence-corrected chi connectivity index (χ0v) is 8.73. The maximum absolute atomic E-state index is 11.2. The molecule has 4 heteroatoms. The Bertz CT molecular complexity index is 322. The van der Waals surface area contributed by atoms with E-state index in [0.717, 1.165) is 18.5 Å². The second-order valence-corrected chi connectivity index (χ2v) is 3.03. The van der Waals surface area contributed by atoms with Crippen LogP contribution < -0.4 is 10.7 Å². The van der Waals surface area contributed by atoms with E-state index in [0.29, 0.717) is 0 Å². The van der Waals surface area contributed by atoms with Gasteiger partial charge in [0.25, 0.3) is 0 Å². The Hall–Kier alpha value is -1.84.